The van der Waals surface area contributed by atoms with Crippen molar-refractivity contribution < 1.29 is 9.53 Å². The molecule has 0 aliphatic rings. The minimum Gasteiger partial charge on any atom is -0.399 e. The quantitative estimate of drug-likeness (QED) is 0.774. The number of primary amides is 1. The number of amides is 1. The van der Waals surface area contributed by atoms with Crippen LogP contribution in [0, 0.1) is 0 Å². The zero-order valence-corrected chi connectivity index (χ0v) is 10.6. The molecule has 0 aromatic heterocycles. The maximum atomic E-state index is 11.4. The lowest BCUT2D eigenvalue weighted by atomic mass is 10.1. The molecule has 0 saturated heterocycles. The number of rotatable bonds is 5. The Morgan fingerprint density at radius 1 is 1.53 bits per heavy atom. The van der Waals surface area contributed by atoms with E-state index in [1.807, 2.05) is 11.9 Å². The van der Waals surface area contributed by atoms with Crippen LogP contribution in [-0.4, -0.2) is 33.2 Å². The normalized spacial score (nSPS) is 10.3. The molecule has 17 heavy (non-hydrogen) atoms. The Balaban J connectivity index is 3.16. The highest BCUT2D eigenvalue weighted by atomic mass is 35.5. The van der Waals surface area contributed by atoms with Gasteiger partial charge >= 0.3 is 0 Å². The Hall–Kier alpha value is -1.46. The molecule has 0 atom stereocenters. The van der Waals surface area contributed by atoms with Gasteiger partial charge in [-0.3, -0.25) is 4.79 Å². The van der Waals surface area contributed by atoms with Gasteiger partial charge in [-0.25, -0.2) is 0 Å². The lowest BCUT2D eigenvalue weighted by Gasteiger charge is -2.22. The minimum atomic E-state index is -0.557. The smallest absolute Gasteiger partial charge is 0.250 e. The molecule has 94 valence electrons. The number of benzene rings is 1. The predicted octanol–water partition coefficient (Wildman–Crippen LogP) is 1.10. The van der Waals surface area contributed by atoms with Crippen molar-refractivity contribution in [2.24, 2.45) is 5.73 Å². The number of carbonyl (C=O) groups excluding carboxylic acids is 1. The Labute approximate surface area is 105 Å². The average molecular weight is 258 g/mol. The van der Waals surface area contributed by atoms with Crippen molar-refractivity contribution in [2.75, 3.05) is 37.9 Å². The third kappa shape index (κ3) is 3.25. The Morgan fingerprint density at radius 3 is 2.71 bits per heavy atom. The van der Waals surface area contributed by atoms with Crippen LogP contribution in [0.25, 0.3) is 0 Å². The molecule has 6 heteroatoms. The maximum absolute atomic E-state index is 11.4. The third-order valence-electron chi connectivity index (χ3n) is 2.36. The molecule has 0 bridgehead atoms. The fourth-order valence-corrected chi connectivity index (χ4v) is 1.91. The van der Waals surface area contributed by atoms with Gasteiger partial charge in [-0.15, -0.1) is 0 Å². The van der Waals surface area contributed by atoms with Gasteiger partial charge in [0, 0.05) is 26.4 Å². The van der Waals surface area contributed by atoms with Gasteiger partial charge in [0.1, 0.15) is 0 Å². The van der Waals surface area contributed by atoms with Crippen molar-refractivity contribution >= 4 is 28.9 Å². The molecule has 1 rings (SSSR count). The summed E-state index contributed by atoms with van der Waals surface area (Å²) in [6.07, 6.45) is 0. The predicted molar refractivity (Wildman–Crippen MR) is 69.5 cm³/mol. The molecule has 4 N–H and O–H groups in total. The maximum Gasteiger partial charge on any atom is 0.250 e. The van der Waals surface area contributed by atoms with Crippen molar-refractivity contribution in [1.82, 2.24) is 0 Å². The fourth-order valence-electron chi connectivity index (χ4n) is 1.54. The van der Waals surface area contributed by atoms with E-state index in [-0.39, 0.29) is 0 Å². The van der Waals surface area contributed by atoms with Crippen molar-refractivity contribution in [1.29, 1.82) is 0 Å². The first-order valence-electron chi connectivity index (χ1n) is 5.06. The van der Waals surface area contributed by atoms with Crippen LogP contribution in [0.2, 0.25) is 5.02 Å². The topological polar surface area (TPSA) is 81.6 Å². The molecule has 1 aromatic carbocycles. The number of carbonyl (C=O) groups is 1. The van der Waals surface area contributed by atoms with Crippen LogP contribution >= 0.6 is 11.6 Å². The highest BCUT2D eigenvalue weighted by molar-refractivity contribution is 6.34. The first-order valence-corrected chi connectivity index (χ1v) is 5.44. The first-order chi connectivity index (χ1) is 7.97. The van der Waals surface area contributed by atoms with Crippen molar-refractivity contribution in [3.05, 3.63) is 22.7 Å². The second-order valence-electron chi connectivity index (χ2n) is 3.68. The zero-order valence-electron chi connectivity index (χ0n) is 9.87. The highest BCUT2D eigenvalue weighted by Crippen LogP contribution is 2.31. The standard InChI is InChI=1S/C11H16ClN3O2/c1-15(3-4-17-2)10-8(11(14)16)5-7(13)6-9(10)12/h5-6H,3-4,13H2,1-2H3,(H2,14,16). The van der Waals surface area contributed by atoms with Crippen LogP contribution in [0.5, 0.6) is 0 Å². The molecule has 0 heterocycles. The number of nitrogens with two attached hydrogens (primary N) is 2. The largest absolute Gasteiger partial charge is 0.399 e. The van der Waals surface area contributed by atoms with E-state index < -0.39 is 5.91 Å². The van der Waals surface area contributed by atoms with Crippen LogP contribution in [0.1, 0.15) is 10.4 Å². The number of hydrogen-bond donors (Lipinski definition) is 2. The number of halogens is 1. The summed E-state index contributed by atoms with van der Waals surface area (Å²) in [5.74, 6) is -0.557. The van der Waals surface area contributed by atoms with Crippen LogP contribution in [0.4, 0.5) is 11.4 Å². The van der Waals surface area contributed by atoms with Crippen molar-refractivity contribution in [2.45, 2.75) is 0 Å². The molecule has 1 amide bonds. The Kier molecular flexibility index (Phi) is 4.60. The van der Waals surface area contributed by atoms with Crippen LogP contribution in [0.15, 0.2) is 12.1 Å². The molecule has 0 aliphatic heterocycles. The van der Waals surface area contributed by atoms with E-state index >= 15 is 0 Å². The monoisotopic (exact) mass is 257 g/mol. The summed E-state index contributed by atoms with van der Waals surface area (Å²) >= 11 is 6.08. The molecule has 0 aliphatic carbocycles. The summed E-state index contributed by atoms with van der Waals surface area (Å²) < 4.78 is 4.97. The molecule has 0 radical (unpaired) electrons. The summed E-state index contributed by atoms with van der Waals surface area (Å²) in [4.78, 5) is 13.2. The van der Waals surface area contributed by atoms with E-state index in [2.05, 4.69) is 0 Å². The van der Waals surface area contributed by atoms with Crippen LogP contribution in [-0.2, 0) is 4.74 Å². The third-order valence-corrected chi connectivity index (χ3v) is 2.65. The summed E-state index contributed by atoms with van der Waals surface area (Å²) in [7, 11) is 3.41. The lowest BCUT2D eigenvalue weighted by Crippen LogP contribution is -2.26. The Morgan fingerprint density at radius 2 is 2.18 bits per heavy atom. The van der Waals surface area contributed by atoms with Gasteiger partial charge in [0.05, 0.1) is 22.9 Å². The molecule has 1 aromatic rings. The molecule has 0 saturated carbocycles. The number of likely N-dealkylation sites (N-methyl/N-ethyl adjacent to an activating group) is 1. The average Bonchev–Trinajstić information content (AvgIpc) is 2.24. The molecule has 5 nitrogen and oxygen atoms in total. The van der Waals surface area contributed by atoms with Gasteiger partial charge in [0.25, 0.3) is 5.91 Å². The molecular weight excluding hydrogens is 242 g/mol. The number of ether oxygens (including phenoxy) is 1. The summed E-state index contributed by atoms with van der Waals surface area (Å²) in [5.41, 5.74) is 12.2. The molecular formula is C11H16ClN3O2. The highest BCUT2D eigenvalue weighted by Gasteiger charge is 2.16. The van der Waals surface area contributed by atoms with E-state index in [0.717, 1.165) is 0 Å². The fraction of sp³-hybridized carbons (Fsp3) is 0.364. The van der Waals surface area contributed by atoms with E-state index in [4.69, 9.17) is 27.8 Å². The van der Waals surface area contributed by atoms with E-state index in [1.54, 1.807) is 13.2 Å². The second-order valence-corrected chi connectivity index (χ2v) is 4.08. The van der Waals surface area contributed by atoms with Crippen molar-refractivity contribution in [3.63, 3.8) is 0 Å². The van der Waals surface area contributed by atoms with Gasteiger partial charge < -0.3 is 21.1 Å². The number of hydrogen-bond acceptors (Lipinski definition) is 4. The number of nitrogens with zero attached hydrogens (tertiary/aromatic N) is 1. The summed E-state index contributed by atoms with van der Waals surface area (Å²) in [5, 5.41) is 0.400. The summed E-state index contributed by atoms with van der Waals surface area (Å²) in [6, 6.07) is 3.11. The van der Waals surface area contributed by atoms with Gasteiger partial charge in [-0.1, -0.05) is 11.6 Å². The van der Waals surface area contributed by atoms with Crippen molar-refractivity contribution in [3.8, 4) is 0 Å². The van der Waals surface area contributed by atoms with Gasteiger partial charge in [-0.2, -0.15) is 0 Å². The number of nitrogen functional groups attached to an aromatic ring is 1. The van der Waals surface area contributed by atoms with Gasteiger partial charge in [0.15, 0.2) is 0 Å². The number of anilines is 2. The van der Waals surface area contributed by atoms with Gasteiger partial charge in [-0.05, 0) is 12.1 Å². The molecule has 0 fully saturated rings. The summed E-state index contributed by atoms with van der Waals surface area (Å²) in [6.45, 7) is 1.12. The lowest BCUT2D eigenvalue weighted by molar-refractivity contribution is 0.100. The van der Waals surface area contributed by atoms with Crippen LogP contribution < -0.4 is 16.4 Å². The zero-order chi connectivity index (χ0) is 13.0. The first kappa shape index (κ1) is 13.6. The van der Waals surface area contributed by atoms with Gasteiger partial charge in [0.2, 0.25) is 0 Å². The minimum absolute atomic E-state index is 0.314. The second kappa shape index (κ2) is 5.75. The molecule has 0 unspecified atom stereocenters. The SMILES string of the molecule is COCCN(C)c1c(Cl)cc(N)cc1C(N)=O. The van der Waals surface area contributed by atoms with E-state index in [0.29, 0.717) is 35.1 Å². The molecule has 0 spiro atoms. The van der Waals surface area contributed by atoms with E-state index in [1.165, 1.54) is 6.07 Å². The van der Waals surface area contributed by atoms with Crippen LogP contribution in [0.3, 0.4) is 0 Å². The van der Waals surface area contributed by atoms with E-state index in [9.17, 15) is 4.79 Å². The number of methoxy groups -OCH3 is 1. The Bertz CT molecular complexity index is 423.